The van der Waals surface area contributed by atoms with Gasteiger partial charge in [-0.15, -0.1) is 0 Å². The zero-order valence-corrected chi connectivity index (χ0v) is 17.6. The Hall–Kier alpha value is -3.24. The van der Waals surface area contributed by atoms with Crippen molar-refractivity contribution >= 4 is 47.7 Å². The summed E-state index contributed by atoms with van der Waals surface area (Å²) in [6, 6.07) is 12.6. The van der Waals surface area contributed by atoms with Crippen LogP contribution in [0, 0.1) is 9.54 Å². The zero-order valence-electron chi connectivity index (χ0n) is 16.0. The Balaban J connectivity index is 1.60. The molecule has 0 saturated carbocycles. The zero-order chi connectivity index (χ0) is 21.4. The van der Waals surface area contributed by atoms with Gasteiger partial charge in [-0.25, -0.2) is 0 Å². The largest absolute Gasteiger partial charge is 0.481 e. The minimum absolute atomic E-state index is 0.0299. The molecule has 30 heavy (non-hydrogen) atoms. The fourth-order valence-corrected chi connectivity index (χ4v) is 4.31. The smallest absolute Gasteiger partial charge is 0.304 e. The number of fused-ring (bicyclic) bond motifs is 1. The quantitative estimate of drug-likeness (QED) is 0.448. The van der Waals surface area contributed by atoms with E-state index in [1.54, 1.807) is 34.9 Å². The van der Waals surface area contributed by atoms with Crippen LogP contribution in [0.5, 0.6) is 0 Å². The number of aromatic amines is 2. The van der Waals surface area contributed by atoms with E-state index in [2.05, 4.69) is 15.5 Å². The van der Waals surface area contributed by atoms with E-state index in [4.69, 9.17) is 24.4 Å². The van der Waals surface area contributed by atoms with E-state index in [9.17, 15) is 14.7 Å². The Kier molecular flexibility index (Phi) is 5.27. The van der Waals surface area contributed by atoms with Gasteiger partial charge >= 0.3 is 5.97 Å². The molecule has 1 amide bonds. The van der Waals surface area contributed by atoms with E-state index in [0.717, 1.165) is 16.9 Å². The average molecular weight is 442 g/mol. The van der Waals surface area contributed by atoms with Gasteiger partial charge in [0, 0.05) is 36.4 Å². The van der Waals surface area contributed by atoms with Crippen LogP contribution in [-0.4, -0.2) is 45.3 Å². The summed E-state index contributed by atoms with van der Waals surface area (Å²) in [5, 5.41) is 17.6. The number of nitrogens with zero attached hydrogens (tertiary/aromatic N) is 2. The summed E-state index contributed by atoms with van der Waals surface area (Å²) in [6.07, 6.45) is 0.0299. The molecule has 1 aliphatic heterocycles. The number of carboxylic acid groups (broad SMARTS) is 1. The van der Waals surface area contributed by atoms with Gasteiger partial charge < -0.3 is 15.3 Å². The summed E-state index contributed by atoms with van der Waals surface area (Å²) in [5.41, 5.74) is 3.62. The van der Waals surface area contributed by atoms with Gasteiger partial charge in [0.1, 0.15) is 0 Å². The number of anilines is 2. The first kappa shape index (κ1) is 20.0. The molecule has 2 heterocycles. The highest BCUT2D eigenvalue weighted by molar-refractivity contribution is 7.72. The molecule has 1 aromatic heterocycles. The molecule has 2 aromatic carbocycles. The first-order valence-corrected chi connectivity index (χ1v) is 10.0. The highest BCUT2D eigenvalue weighted by Gasteiger charge is 2.29. The maximum absolute atomic E-state index is 12.9. The molecule has 154 valence electrons. The lowest BCUT2D eigenvalue weighted by atomic mass is 9.96. The number of benzene rings is 2. The highest BCUT2D eigenvalue weighted by atomic mass is 32.1. The van der Waals surface area contributed by atoms with Crippen LogP contribution in [0.3, 0.4) is 0 Å². The highest BCUT2D eigenvalue weighted by Crippen LogP contribution is 2.37. The van der Waals surface area contributed by atoms with E-state index in [-0.39, 0.29) is 18.2 Å². The van der Waals surface area contributed by atoms with E-state index >= 15 is 0 Å². The molecular weight excluding hydrogens is 422 g/mol. The molecule has 0 radical (unpaired) electrons. The number of nitrogens with one attached hydrogen (secondary N) is 3. The van der Waals surface area contributed by atoms with Gasteiger partial charge in [-0.1, -0.05) is 6.07 Å². The fourth-order valence-electron chi connectivity index (χ4n) is 3.75. The minimum atomic E-state index is -0.852. The molecule has 10 heteroatoms. The minimum Gasteiger partial charge on any atom is -0.481 e. The number of H-pyrrole nitrogens is 2. The summed E-state index contributed by atoms with van der Waals surface area (Å²) in [6.45, 7) is 0.618. The number of aromatic nitrogens is 3. The number of hydrogen-bond donors (Lipinski definition) is 4. The van der Waals surface area contributed by atoms with Crippen molar-refractivity contribution in [2.45, 2.75) is 12.3 Å². The van der Waals surface area contributed by atoms with Gasteiger partial charge in [-0.2, -0.15) is 0 Å². The lowest BCUT2D eigenvalue weighted by Gasteiger charge is -2.12. The average Bonchev–Trinajstić information content (AvgIpc) is 3.20. The summed E-state index contributed by atoms with van der Waals surface area (Å²) in [4.78, 5) is 26.1. The van der Waals surface area contributed by atoms with Gasteiger partial charge in [-0.3, -0.25) is 24.4 Å². The molecule has 0 aliphatic carbocycles. The maximum Gasteiger partial charge on any atom is 0.304 e. The van der Waals surface area contributed by atoms with E-state index in [1.807, 2.05) is 24.1 Å². The molecule has 1 aliphatic rings. The van der Waals surface area contributed by atoms with Crippen molar-refractivity contribution in [1.82, 2.24) is 14.8 Å². The van der Waals surface area contributed by atoms with Crippen LogP contribution in [0.2, 0.25) is 0 Å². The third-order valence-corrected chi connectivity index (χ3v) is 5.67. The van der Waals surface area contributed by atoms with Crippen LogP contribution in [0.4, 0.5) is 11.4 Å². The van der Waals surface area contributed by atoms with Gasteiger partial charge in [0.15, 0.2) is 9.54 Å². The number of carbonyl (C=O) groups excluding carboxylic acids is 1. The van der Waals surface area contributed by atoms with E-state index < -0.39 is 5.97 Å². The van der Waals surface area contributed by atoms with Crippen molar-refractivity contribution in [3.05, 3.63) is 63.1 Å². The van der Waals surface area contributed by atoms with Crippen molar-refractivity contribution in [2.75, 3.05) is 23.8 Å². The molecule has 0 saturated heterocycles. The van der Waals surface area contributed by atoms with Crippen LogP contribution in [0.15, 0.2) is 42.5 Å². The monoisotopic (exact) mass is 441 g/mol. The van der Waals surface area contributed by atoms with Crippen molar-refractivity contribution in [1.29, 1.82) is 0 Å². The summed E-state index contributed by atoms with van der Waals surface area (Å²) in [7, 11) is 1.92. The molecule has 0 spiro atoms. The number of amides is 1. The number of carboxylic acids is 1. The molecule has 0 fully saturated rings. The fraction of sp³-hybridized carbons (Fsp3) is 0.200. The molecule has 4 N–H and O–H groups in total. The second-order valence-electron chi connectivity index (χ2n) is 7.15. The van der Waals surface area contributed by atoms with Gasteiger partial charge in [0.05, 0.1) is 12.1 Å². The molecule has 1 atom stereocenters. The standard InChI is InChI=1S/C20H19N5O3S2/c1-24-10-12(8-17(26)27)15-7-11(5-6-16(15)24)18(28)21-13-3-2-4-14(9-13)25-19(29)22-23-20(25)30/h2-7,9,12H,8,10H2,1H3,(H,21,28)(H,22,29)(H,23,30)(H,26,27). The van der Waals surface area contributed by atoms with Crippen molar-refractivity contribution < 1.29 is 14.7 Å². The van der Waals surface area contributed by atoms with Crippen LogP contribution in [-0.2, 0) is 4.79 Å². The lowest BCUT2D eigenvalue weighted by Crippen LogP contribution is -2.16. The van der Waals surface area contributed by atoms with Crippen molar-refractivity contribution in [3.8, 4) is 5.69 Å². The van der Waals surface area contributed by atoms with E-state index in [0.29, 0.717) is 27.3 Å². The molecule has 3 aromatic rings. The molecule has 0 bridgehead atoms. The summed E-state index contributed by atoms with van der Waals surface area (Å²) < 4.78 is 2.51. The second-order valence-corrected chi connectivity index (χ2v) is 7.92. The Morgan fingerprint density at radius 1 is 1.17 bits per heavy atom. The Labute approximate surface area is 182 Å². The molecule has 1 unspecified atom stereocenters. The number of rotatable bonds is 5. The van der Waals surface area contributed by atoms with Crippen LogP contribution in [0.25, 0.3) is 5.69 Å². The molecule has 4 rings (SSSR count). The number of likely N-dealkylation sites (N-methyl/N-ethyl adjacent to an activating group) is 1. The summed E-state index contributed by atoms with van der Waals surface area (Å²) in [5.74, 6) is -1.27. The Bertz CT molecular complexity index is 1230. The third kappa shape index (κ3) is 3.79. The summed E-state index contributed by atoms with van der Waals surface area (Å²) >= 11 is 10.5. The SMILES string of the molecule is CN1CC(CC(=O)O)c2cc(C(=O)Nc3cccc(-n4c(=S)[nH][nH]c4=S)c3)ccc21. The van der Waals surface area contributed by atoms with Gasteiger partial charge in [-0.05, 0) is 66.4 Å². The van der Waals surface area contributed by atoms with Crippen LogP contribution < -0.4 is 10.2 Å². The van der Waals surface area contributed by atoms with Crippen molar-refractivity contribution in [2.24, 2.45) is 0 Å². The predicted molar refractivity (Wildman–Crippen MR) is 119 cm³/mol. The normalized spacial score (nSPS) is 15.1. The van der Waals surface area contributed by atoms with Crippen LogP contribution >= 0.6 is 24.4 Å². The molecule has 8 nitrogen and oxygen atoms in total. The Morgan fingerprint density at radius 2 is 1.90 bits per heavy atom. The lowest BCUT2D eigenvalue weighted by molar-refractivity contribution is -0.137. The topological polar surface area (TPSA) is 106 Å². The first-order valence-electron chi connectivity index (χ1n) is 9.22. The number of carbonyl (C=O) groups is 2. The molecular formula is C20H19N5O3S2. The van der Waals surface area contributed by atoms with Crippen molar-refractivity contribution in [3.63, 3.8) is 0 Å². The maximum atomic E-state index is 12.9. The number of aliphatic carboxylic acids is 1. The third-order valence-electron chi connectivity index (χ3n) is 5.10. The van der Waals surface area contributed by atoms with Crippen LogP contribution in [0.1, 0.15) is 28.3 Å². The predicted octanol–water partition coefficient (Wildman–Crippen LogP) is 3.85. The number of hydrogen-bond acceptors (Lipinski definition) is 5. The van der Waals surface area contributed by atoms with Gasteiger partial charge in [0.2, 0.25) is 0 Å². The Morgan fingerprint density at radius 3 is 2.60 bits per heavy atom. The second kappa shape index (κ2) is 7.88. The van der Waals surface area contributed by atoms with Gasteiger partial charge in [0.25, 0.3) is 5.91 Å². The van der Waals surface area contributed by atoms with E-state index in [1.165, 1.54) is 0 Å². The first-order chi connectivity index (χ1) is 14.3.